The lowest BCUT2D eigenvalue weighted by Gasteiger charge is -2.15. The first kappa shape index (κ1) is 11.6. The highest BCUT2D eigenvalue weighted by molar-refractivity contribution is 7.18. The molecule has 2 rings (SSSR count). The Morgan fingerprint density at radius 1 is 1.44 bits per heavy atom. The molecule has 0 aromatic carbocycles. The van der Waals surface area contributed by atoms with E-state index in [1.165, 1.54) is 11.3 Å². The van der Waals surface area contributed by atoms with Gasteiger partial charge in [-0.3, -0.25) is 4.79 Å². The zero-order valence-electron chi connectivity index (χ0n) is 8.64. The van der Waals surface area contributed by atoms with E-state index in [2.05, 4.69) is 0 Å². The standard InChI is InChI=1S/C11H10ClNOS2/c1-13(6-8-4-5-15-7-8)11(14)9-2-3-10(12)16-9/h2-5,7H,6H2,1H3. The van der Waals surface area contributed by atoms with E-state index in [9.17, 15) is 4.79 Å². The third kappa shape index (κ3) is 2.64. The van der Waals surface area contributed by atoms with E-state index in [1.54, 1.807) is 35.4 Å². The molecule has 0 bridgehead atoms. The summed E-state index contributed by atoms with van der Waals surface area (Å²) >= 11 is 8.75. The van der Waals surface area contributed by atoms with Crippen LogP contribution in [0.2, 0.25) is 4.34 Å². The van der Waals surface area contributed by atoms with Crippen LogP contribution in [0.3, 0.4) is 0 Å². The molecular weight excluding hydrogens is 262 g/mol. The highest BCUT2D eigenvalue weighted by Gasteiger charge is 2.14. The van der Waals surface area contributed by atoms with Gasteiger partial charge in [-0.15, -0.1) is 11.3 Å². The van der Waals surface area contributed by atoms with Gasteiger partial charge < -0.3 is 4.90 Å². The quantitative estimate of drug-likeness (QED) is 0.833. The van der Waals surface area contributed by atoms with Gasteiger partial charge in [0.2, 0.25) is 0 Å². The Morgan fingerprint density at radius 2 is 2.25 bits per heavy atom. The molecule has 84 valence electrons. The molecule has 2 aromatic heterocycles. The van der Waals surface area contributed by atoms with E-state index in [1.807, 2.05) is 16.8 Å². The predicted octanol–water partition coefficient (Wildman–Crippen LogP) is 3.74. The van der Waals surface area contributed by atoms with Gasteiger partial charge >= 0.3 is 0 Å². The van der Waals surface area contributed by atoms with Crippen molar-refractivity contribution >= 4 is 40.2 Å². The molecule has 2 nitrogen and oxygen atoms in total. The molecule has 1 amide bonds. The van der Waals surface area contributed by atoms with Crippen molar-refractivity contribution in [1.29, 1.82) is 0 Å². The molecule has 0 radical (unpaired) electrons. The Labute approximate surface area is 107 Å². The molecular formula is C11H10ClNOS2. The number of amides is 1. The number of hydrogen-bond acceptors (Lipinski definition) is 3. The fourth-order valence-electron chi connectivity index (χ4n) is 1.35. The molecule has 0 saturated carbocycles. The second-order valence-corrected chi connectivity index (χ2v) is 5.89. The summed E-state index contributed by atoms with van der Waals surface area (Å²) in [7, 11) is 1.80. The average molecular weight is 272 g/mol. The molecule has 0 unspecified atom stereocenters. The molecule has 0 atom stereocenters. The van der Waals surface area contributed by atoms with Gasteiger partial charge in [-0.25, -0.2) is 0 Å². The number of hydrogen-bond donors (Lipinski definition) is 0. The van der Waals surface area contributed by atoms with Crippen molar-refractivity contribution in [3.8, 4) is 0 Å². The fraction of sp³-hybridized carbons (Fsp3) is 0.182. The lowest BCUT2D eigenvalue weighted by atomic mass is 10.3. The van der Waals surface area contributed by atoms with Gasteiger partial charge in [0, 0.05) is 13.6 Å². The van der Waals surface area contributed by atoms with Crippen LogP contribution < -0.4 is 0 Å². The Hall–Kier alpha value is -0.840. The van der Waals surface area contributed by atoms with E-state index in [0.717, 1.165) is 5.56 Å². The van der Waals surface area contributed by atoms with Crippen LogP contribution in [0.25, 0.3) is 0 Å². The van der Waals surface area contributed by atoms with Crippen LogP contribution in [-0.4, -0.2) is 17.9 Å². The van der Waals surface area contributed by atoms with E-state index in [0.29, 0.717) is 15.8 Å². The summed E-state index contributed by atoms with van der Waals surface area (Å²) in [6, 6.07) is 5.53. The maximum atomic E-state index is 12.0. The van der Waals surface area contributed by atoms with Crippen LogP contribution in [0, 0.1) is 0 Å². The normalized spacial score (nSPS) is 10.4. The first-order valence-corrected chi connectivity index (χ1v) is 6.82. The third-order valence-electron chi connectivity index (χ3n) is 2.13. The van der Waals surface area contributed by atoms with Gasteiger partial charge in [0.05, 0.1) is 9.21 Å². The van der Waals surface area contributed by atoms with Crippen molar-refractivity contribution in [1.82, 2.24) is 4.90 Å². The van der Waals surface area contributed by atoms with Gasteiger partial charge in [0.25, 0.3) is 5.91 Å². The lowest BCUT2D eigenvalue weighted by molar-refractivity contribution is 0.0790. The summed E-state index contributed by atoms with van der Waals surface area (Å²) in [5.41, 5.74) is 1.16. The van der Waals surface area contributed by atoms with Crippen molar-refractivity contribution in [3.05, 3.63) is 43.7 Å². The van der Waals surface area contributed by atoms with Crippen LogP contribution >= 0.6 is 34.3 Å². The summed E-state index contributed by atoms with van der Waals surface area (Å²) in [6.45, 7) is 0.637. The Bertz CT molecular complexity index is 478. The molecule has 5 heteroatoms. The van der Waals surface area contributed by atoms with E-state index in [4.69, 9.17) is 11.6 Å². The number of nitrogens with zero attached hydrogens (tertiary/aromatic N) is 1. The molecule has 0 fully saturated rings. The van der Waals surface area contributed by atoms with Crippen molar-refractivity contribution in [2.45, 2.75) is 6.54 Å². The summed E-state index contributed by atoms with van der Waals surface area (Å²) in [4.78, 5) is 14.3. The lowest BCUT2D eigenvalue weighted by Crippen LogP contribution is -2.25. The van der Waals surface area contributed by atoms with E-state index < -0.39 is 0 Å². The van der Waals surface area contributed by atoms with Crippen molar-refractivity contribution in [2.24, 2.45) is 0 Å². The van der Waals surface area contributed by atoms with Crippen molar-refractivity contribution < 1.29 is 4.79 Å². The second-order valence-electron chi connectivity index (χ2n) is 3.40. The molecule has 0 aliphatic heterocycles. The summed E-state index contributed by atoms with van der Waals surface area (Å²) in [6.07, 6.45) is 0. The second kappa shape index (κ2) is 4.99. The van der Waals surface area contributed by atoms with Gasteiger partial charge in [-0.1, -0.05) is 11.6 Å². The van der Waals surface area contributed by atoms with Gasteiger partial charge in [0.1, 0.15) is 0 Å². The number of rotatable bonds is 3. The van der Waals surface area contributed by atoms with Gasteiger partial charge in [0.15, 0.2) is 0 Å². The molecule has 2 heterocycles. The summed E-state index contributed by atoms with van der Waals surface area (Å²) < 4.78 is 0.646. The monoisotopic (exact) mass is 271 g/mol. The molecule has 2 aromatic rings. The number of halogens is 1. The third-order valence-corrected chi connectivity index (χ3v) is 4.08. The minimum absolute atomic E-state index is 0.0168. The minimum atomic E-state index is 0.0168. The van der Waals surface area contributed by atoms with E-state index in [-0.39, 0.29) is 5.91 Å². The highest BCUT2D eigenvalue weighted by Crippen LogP contribution is 2.23. The Kier molecular flexibility index (Phi) is 3.63. The minimum Gasteiger partial charge on any atom is -0.337 e. The van der Waals surface area contributed by atoms with Gasteiger partial charge in [-0.05, 0) is 34.5 Å². The molecule has 0 saturated heterocycles. The first-order valence-electron chi connectivity index (χ1n) is 4.68. The predicted molar refractivity (Wildman–Crippen MR) is 69.4 cm³/mol. The maximum Gasteiger partial charge on any atom is 0.264 e. The first-order chi connectivity index (χ1) is 7.66. The molecule has 16 heavy (non-hydrogen) atoms. The Balaban J connectivity index is 2.05. The van der Waals surface area contributed by atoms with Crippen molar-refractivity contribution in [2.75, 3.05) is 7.05 Å². The molecule has 0 spiro atoms. The number of carbonyl (C=O) groups is 1. The zero-order valence-corrected chi connectivity index (χ0v) is 11.0. The smallest absolute Gasteiger partial charge is 0.264 e. The molecule has 0 N–H and O–H groups in total. The van der Waals surface area contributed by atoms with Crippen LogP contribution in [0.4, 0.5) is 0 Å². The van der Waals surface area contributed by atoms with Crippen LogP contribution in [0.1, 0.15) is 15.2 Å². The SMILES string of the molecule is CN(Cc1ccsc1)C(=O)c1ccc(Cl)s1. The molecule has 0 aliphatic carbocycles. The van der Waals surface area contributed by atoms with Crippen LogP contribution in [-0.2, 0) is 6.54 Å². The average Bonchev–Trinajstić information content (AvgIpc) is 2.88. The highest BCUT2D eigenvalue weighted by atomic mass is 35.5. The maximum absolute atomic E-state index is 12.0. The Morgan fingerprint density at radius 3 is 2.81 bits per heavy atom. The topological polar surface area (TPSA) is 20.3 Å². The van der Waals surface area contributed by atoms with E-state index >= 15 is 0 Å². The number of thiophene rings is 2. The summed E-state index contributed by atoms with van der Waals surface area (Å²) in [5, 5.41) is 4.06. The largest absolute Gasteiger partial charge is 0.337 e. The summed E-state index contributed by atoms with van der Waals surface area (Å²) in [5.74, 6) is 0.0168. The fourth-order valence-corrected chi connectivity index (χ4v) is 3.04. The van der Waals surface area contributed by atoms with Crippen LogP contribution in [0.5, 0.6) is 0 Å². The van der Waals surface area contributed by atoms with Gasteiger partial charge in [-0.2, -0.15) is 11.3 Å². The van der Waals surface area contributed by atoms with Crippen LogP contribution in [0.15, 0.2) is 29.0 Å². The zero-order chi connectivity index (χ0) is 11.5. The molecule has 0 aliphatic rings. The van der Waals surface area contributed by atoms with Crippen molar-refractivity contribution in [3.63, 3.8) is 0 Å². The number of carbonyl (C=O) groups excluding carboxylic acids is 1.